The van der Waals surface area contributed by atoms with E-state index in [1.54, 1.807) is 11.8 Å². The fraction of sp³-hybridized carbons (Fsp3) is 0.333. The molecule has 0 unspecified atom stereocenters. The van der Waals surface area contributed by atoms with Gasteiger partial charge in [0.1, 0.15) is 0 Å². The van der Waals surface area contributed by atoms with E-state index >= 15 is 0 Å². The van der Waals surface area contributed by atoms with Crippen molar-refractivity contribution < 1.29 is 14.3 Å². The molecule has 1 amide bonds. The monoisotopic (exact) mass is 450 g/mol. The van der Waals surface area contributed by atoms with Gasteiger partial charge in [-0.05, 0) is 29.8 Å². The molecule has 1 aromatic heterocycles. The summed E-state index contributed by atoms with van der Waals surface area (Å²) in [6.45, 7) is 7.60. The Kier molecular flexibility index (Phi) is 6.07. The molecule has 0 bridgehead atoms. The van der Waals surface area contributed by atoms with E-state index in [0.717, 1.165) is 67.3 Å². The van der Waals surface area contributed by atoms with Gasteiger partial charge in [0, 0.05) is 51.6 Å². The number of amides is 1. The SMILES string of the molecule is CC(=O)N(c1ccccc1)c1nc(CN2CCN(Cc3ccc4c(c3)OCO4)CC2)cs1. The summed E-state index contributed by atoms with van der Waals surface area (Å²) in [5, 5.41) is 2.79. The number of nitrogens with zero attached hydrogens (tertiary/aromatic N) is 4. The maximum atomic E-state index is 12.3. The third kappa shape index (κ3) is 4.62. The van der Waals surface area contributed by atoms with Crippen LogP contribution >= 0.6 is 11.3 Å². The van der Waals surface area contributed by atoms with Gasteiger partial charge in [-0.15, -0.1) is 11.3 Å². The third-order valence-electron chi connectivity index (χ3n) is 5.75. The van der Waals surface area contributed by atoms with Crippen molar-refractivity contribution in [2.75, 3.05) is 37.9 Å². The van der Waals surface area contributed by atoms with E-state index in [0.29, 0.717) is 6.79 Å². The predicted molar refractivity (Wildman–Crippen MR) is 124 cm³/mol. The first-order chi connectivity index (χ1) is 15.7. The number of anilines is 2. The molecule has 2 aliphatic rings. The number of carbonyl (C=O) groups is 1. The Morgan fingerprint density at radius 2 is 1.72 bits per heavy atom. The largest absolute Gasteiger partial charge is 0.454 e. The van der Waals surface area contributed by atoms with Gasteiger partial charge in [-0.1, -0.05) is 24.3 Å². The van der Waals surface area contributed by atoms with Gasteiger partial charge in [-0.25, -0.2) is 4.98 Å². The number of rotatable bonds is 6. The molecule has 32 heavy (non-hydrogen) atoms. The molecule has 0 saturated carbocycles. The number of para-hydroxylation sites is 1. The molecule has 0 N–H and O–H groups in total. The summed E-state index contributed by atoms with van der Waals surface area (Å²) >= 11 is 1.52. The Morgan fingerprint density at radius 1 is 1.00 bits per heavy atom. The van der Waals surface area contributed by atoms with Crippen LogP contribution in [0.25, 0.3) is 0 Å². The Hall–Kier alpha value is -2.94. The van der Waals surface area contributed by atoms with Gasteiger partial charge in [0.25, 0.3) is 0 Å². The van der Waals surface area contributed by atoms with E-state index < -0.39 is 0 Å². The Balaban J connectivity index is 1.16. The highest BCUT2D eigenvalue weighted by Gasteiger charge is 2.21. The number of piperazine rings is 1. The minimum Gasteiger partial charge on any atom is -0.454 e. The van der Waals surface area contributed by atoms with E-state index in [9.17, 15) is 4.79 Å². The molecular weight excluding hydrogens is 424 g/mol. The van der Waals surface area contributed by atoms with Gasteiger partial charge in [0.2, 0.25) is 12.7 Å². The van der Waals surface area contributed by atoms with Crippen LogP contribution in [0.2, 0.25) is 0 Å². The quantitative estimate of drug-likeness (QED) is 0.568. The minimum atomic E-state index is -0.0331. The summed E-state index contributed by atoms with van der Waals surface area (Å²) in [6, 6.07) is 15.9. The van der Waals surface area contributed by atoms with Gasteiger partial charge >= 0.3 is 0 Å². The zero-order valence-corrected chi connectivity index (χ0v) is 18.9. The highest BCUT2D eigenvalue weighted by Crippen LogP contribution is 2.33. The lowest BCUT2D eigenvalue weighted by Gasteiger charge is -2.34. The zero-order chi connectivity index (χ0) is 21.9. The predicted octanol–water partition coefficient (Wildman–Crippen LogP) is 3.87. The van der Waals surface area contributed by atoms with Crippen LogP contribution in [-0.4, -0.2) is 53.7 Å². The lowest BCUT2D eigenvalue weighted by Crippen LogP contribution is -2.45. The van der Waals surface area contributed by atoms with E-state index in [1.165, 1.54) is 16.9 Å². The number of aromatic nitrogens is 1. The molecule has 166 valence electrons. The van der Waals surface area contributed by atoms with Crippen LogP contribution in [0.15, 0.2) is 53.9 Å². The molecule has 2 aliphatic heterocycles. The van der Waals surface area contributed by atoms with Crippen LogP contribution in [0.5, 0.6) is 11.5 Å². The summed E-state index contributed by atoms with van der Waals surface area (Å²) in [5.41, 5.74) is 3.10. The van der Waals surface area contributed by atoms with Crippen LogP contribution < -0.4 is 14.4 Å². The Morgan fingerprint density at radius 3 is 2.47 bits per heavy atom. The topological polar surface area (TPSA) is 58.1 Å². The summed E-state index contributed by atoms with van der Waals surface area (Å²) in [6.07, 6.45) is 0. The van der Waals surface area contributed by atoms with Gasteiger partial charge in [-0.3, -0.25) is 19.5 Å². The number of hydrogen-bond donors (Lipinski definition) is 0. The number of ether oxygens (including phenoxy) is 2. The van der Waals surface area contributed by atoms with Crippen LogP contribution in [-0.2, 0) is 17.9 Å². The van der Waals surface area contributed by atoms with Gasteiger partial charge in [0.05, 0.1) is 11.4 Å². The molecule has 1 saturated heterocycles. The Bertz CT molecular complexity index is 1080. The molecule has 5 rings (SSSR count). The number of carbonyl (C=O) groups excluding carboxylic acids is 1. The molecule has 0 atom stereocenters. The molecule has 8 heteroatoms. The molecule has 7 nitrogen and oxygen atoms in total. The van der Waals surface area contributed by atoms with Crippen molar-refractivity contribution in [2.45, 2.75) is 20.0 Å². The summed E-state index contributed by atoms with van der Waals surface area (Å²) in [5.74, 6) is 1.64. The normalized spacial score (nSPS) is 16.3. The standard InChI is InChI=1S/C24H26N4O3S/c1-18(29)28(21-5-3-2-4-6-21)24-25-20(16-32-24)15-27-11-9-26(10-12-27)14-19-7-8-22-23(13-19)31-17-30-22/h2-8,13,16H,9-12,14-15,17H2,1H3. The van der Waals surface area contributed by atoms with Crippen LogP contribution in [0.4, 0.5) is 10.8 Å². The highest BCUT2D eigenvalue weighted by atomic mass is 32.1. The lowest BCUT2D eigenvalue weighted by atomic mass is 10.1. The first kappa shape index (κ1) is 20.9. The number of fused-ring (bicyclic) bond motifs is 1. The van der Waals surface area contributed by atoms with E-state index in [1.807, 2.05) is 36.4 Å². The van der Waals surface area contributed by atoms with Crippen molar-refractivity contribution in [3.63, 3.8) is 0 Å². The fourth-order valence-electron chi connectivity index (χ4n) is 4.11. The molecule has 0 radical (unpaired) electrons. The van der Waals surface area contributed by atoms with E-state index in [4.69, 9.17) is 14.5 Å². The zero-order valence-electron chi connectivity index (χ0n) is 18.1. The van der Waals surface area contributed by atoms with E-state index in [-0.39, 0.29) is 5.91 Å². The minimum absolute atomic E-state index is 0.0331. The maximum absolute atomic E-state index is 12.3. The maximum Gasteiger partial charge on any atom is 0.231 e. The molecular formula is C24H26N4O3S. The van der Waals surface area contributed by atoms with Crippen molar-refractivity contribution in [1.82, 2.24) is 14.8 Å². The summed E-state index contributed by atoms with van der Waals surface area (Å²) in [7, 11) is 0. The first-order valence-corrected chi connectivity index (χ1v) is 11.7. The molecule has 2 aromatic carbocycles. The smallest absolute Gasteiger partial charge is 0.231 e. The third-order valence-corrected chi connectivity index (χ3v) is 6.63. The van der Waals surface area contributed by atoms with Crippen molar-refractivity contribution >= 4 is 28.1 Å². The molecule has 0 aliphatic carbocycles. The van der Waals surface area contributed by atoms with Gasteiger partial charge in [-0.2, -0.15) is 0 Å². The second-order valence-electron chi connectivity index (χ2n) is 8.05. The van der Waals surface area contributed by atoms with Crippen molar-refractivity contribution in [1.29, 1.82) is 0 Å². The van der Waals surface area contributed by atoms with E-state index in [2.05, 4.69) is 27.3 Å². The first-order valence-electron chi connectivity index (χ1n) is 10.8. The fourth-order valence-corrected chi connectivity index (χ4v) is 4.99. The van der Waals surface area contributed by atoms with Crippen molar-refractivity contribution in [3.8, 4) is 11.5 Å². The highest BCUT2D eigenvalue weighted by molar-refractivity contribution is 7.14. The molecule has 3 heterocycles. The van der Waals surface area contributed by atoms with Crippen LogP contribution in [0.1, 0.15) is 18.2 Å². The van der Waals surface area contributed by atoms with Gasteiger partial charge < -0.3 is 9.47 Å². The number of benzene rings is 2. The summed E-state index contributed by atoms with van der Waals surface area (Å²) < 4.78 is 10.9. The van der Waals surface area contributed by atoms with Crippen LogP contribution in [0, 0.1) is 0 Å². The van der Waals surface area contributed by atoms with Crippen LogP contribution in [0.3, 0.4) is 0 Å². The summed E-state index contributed by atoms with van der Waals surface area (Å²) in [4.78, 5) is 23.6. The Labute approximate surface area is 191 Å². The molecule has 0 spiro atoms. The van der Waals surface area contributed by atoms with Crippen molar-refractivity contribution in [3.05, 3.63) is 65.2 Å². The van der Waals surface area contributed by atoms with Crippen molar-refractivity contribution in [2.24, 2.45) is 0 Å². The van der Waals surface area contributed by atoms with Gasteiger partial charge in [0.15, 0.2) is 16.6 Å². The number of thiazole rings is 1. The number of hydrogen-bond acceptors (Lipinski definition) is 7. The average molecular weight is 451 g/mol. The lowest BCUT2D eigenvalue weighted by molar-refractivity contribution is -0.115. The molecule has 3 aromatic rings. The molecule has 1 fully saturated rings. The second kappa shape index (κ2) is 9.28. The second-order valence-corrected chi connectivity index (χ2v) is 8.89. The average Bonchev–Trinajstić information content (AvgIpc) is 3.45.